The fourth-order valence-electron chi connectivity index (χ4n) is 7.16. The summed E-state index contributed by atoms with van der Waals surface area (Å²) < 4.78 is 28.9. The first kappa shape index (κ1) is 28.3. The third kappa shape index (κ3) is 5.28. The number of aliphatic imine (C=N–C) groups is 1. The summed E-state index contributed by atoms with van der Waals surface area (Å²) in [5, 5.41) is 10.9. The molecule has 5 N–H and O–H groups in total. The Morgan fingerprint density at radius 1 is 0.867 bits per heavy atom. The van der Waals surface area contributed by atoms with E-state index in [0.29, 0.717) is 29.1 Å². The van der Waals surface area contributed by atoms with Crippen molar-refractivity contribution in [3.05, 3.63) is 112 Å². The third-order valence-corrected chi connectivity index (χ3v) is 11.8. The van der Waals surface area contributed by atoms with Crippen LogP contribution in [0, 0.1) is 11.8 Å². The molecule has 8 bridgehead atoms. The fourth-order valence-corrected chi connectivity index (χ4v) is 8.80. The van der Waals surface area contributed by atoms with Crippen LogP contribution in [0.2, 0.25) is 0 Å². The molecule has 0 spiro atoms. The molecule has 3 aromatic heterocycles. The number of fused-ring (bicyclic) bond motifs is 7. The Morgan fingerprint density at radius 3 is 2.36 bits per heavy atom. The average molecular weight is 619 g/mol. The Morgan fingerprint density at radius 2 is 1.58 bits per heavy atom. The molecule has 0 amide bonds. The number of sulfone groups is 1. The average Bonchev–Trinajstić information content (AvgIpc) is 3.54. The Labute approximate surface area is 262 Å². The van der Waals surface area contributed by atoms with Crippen molar-refractivity contribution < 1.29 is 8.42 Å². The Bertz CT molecular complexity index is 2170. The number of aromatic nitrogens is 3. The maximum absolute atomic E-state index is 14.5. The largest absolute Gasteiger partial charge is 0.356 e. The molecule has 45 heavy (non-hydrogen) atoms. The predicted molar refractivity (Wildman–Crippen MR) is 179 cm³/mol. The molecule has 1 saturated heterocycles. The van der Waals surface area contributed by atoms with Crippen LogP contribution >= 0.6 is 0 Å². The second kappa shape index (κ2) is 11.0. The van der Waals surface area contributed by atoms with Gasteiger partial charge in [-0.05, 0) is 124 Å². The van der Waals surface area contributed by atoms with Crippen LogP contribution in [0.4, 0.5) is 0 Å². The monoisotopic (exact) mass is 618 g/mol. The van der Waals surface area contributed by atoms with Gasteiger partial charge in [-0.2, -0.15) is 0 Å². The summed E-state index contributed by atoms with van der Waals surface area (Å²) in [4.78, 5) is 14.3. The number of H-pyrrole nitrogens is 3. The summed E-state index contributed by atoms with van der Waals surface area (Å²) in [6.07, 6.45) is 12.9. The summed E-state index contributed by atoms with van der Waals surface area (Å²) in [5.74, 6) is 0.860. The van der Waals surface area contributed by atoms with Crippen molar-refractivity contribution in [1.29, 1.82) is 0 Å². The lowest BCUT2D eigenvalue weighted by Crippen LogP contribution is -2.41. The maximum atomic E-state index is 14.5. The topological polar surface area (TPSA) is 118 Å². The summed E-state index contributed by atoms with van der Waals surface area (Å²) in [5.41, 5.74) is 3.70. The van der Waals surface area contributed by atoms with E-state index >= 15 is 0 Å². The number of aromatic amines is 3. The second-order valence-electron chi connectivity index (χ2n) is 12.8. The highest BCUT2D eigenvalue weighted by Crippen LogP contribution is 2.43. The highest BCUT2D eigenvalue weighted by Gasteiger charge is 2.47. The van der Waals surface area contributed by atoms with E-state index in [0.717, 1.165) is 52.5 Å². The van der Waals surface area contributed by atoms with Crippen LogP contribution in [-0.2, 0) is 9.84 Å². The van der Waals surface area contributed by atoms with E-state index in [1.54, 1.807) is 36.4 Å². The summed E-state index contributed by atoms with van der Waals surface area (Å²) >= 11 is 0. The fraction of sp³-hybridized carbons (Fsp3) is 0.306. The van der Waals surface area contributed by atoms with Crippen molar-refractivity contribution in [1.82, 2.24) is 25.6 Å². The van der Waals surface area contributed by atoms with Gasteiger partial charge in [0.15, 0.2) is 0 Å². The molecule has 8 nitrogen and oxygen atoms in total. The van der Waals surface area contributed by atoms with Gasteiger partial charge in [0.05, 0.1) is 10.6 Å². The molecule has 230 valence electrons. The van der Waals surface area contributed by atoms with Gasteiger partial charge in [0.2, 0.25) is 14.7 Å². The predicted octanol–water partition coefficient (Wildman–Crippen LogP) is 1.82. The van der Waals surface area contributed by atoms with Gasteiger partial charge in [-0.3, -0.25) is 4.99 Å². The van der Waals surface area contributed by atoms with Gasteiger partial charge in [-0.15, -0.1) is 0 Å². The molecule has 1 aliphatic carbocycles. The van der Waals surface area contributed by atoms with Gasteiger partial charge in [-0.1, -0.05) is 18.2 Å². The molecular formula is C36H38N6O2S. The van der Waals surface area contributed by atoms with Crippen LogP contribution in [0.25, 0.3) is 23.8 Å². The van der Waals surface area contributed by atoms with E-state index in [9.17, 15) is 8.42 Å². The van der Waals surface area contributed by atoms with Gasteiger partial charge in [0.1, 0.15) is 0 Å². The summed E-state index contributed by atoms with van der Waals surface area (Å²) in [6.45, 7) is 4.45. The van der Waals surface area contributed by atoms with E-state index in [-0.39, 0.29) is 10.8 Å². The van der Waals surface area contributed by atoms with Gasteiger partial charge in [0, 0.05) is 56.4 Å². The Balaban J connectivity index is 1.29. The van der Waals surface area contributed by atoms with Crippen molar-refractivity contribution in [2.24, 2.45) is 16.8 Å². The van der Waals surface area contributed by atoms with Crippen LogP contribution in [0.3, 0.4) is 0 Å². The lowest BCUT2D eigenvalue weighted by molar-refractivity contribution is 0.290. The third-order valence-electron chi connectivity index (χ3n) is 9.71. The van der Waals surface area contributed by atoms with Crippen molar-refractivity contribution in [3.8, 4) is 0 Å². The first-order chi connectivity index (χ1) is 21.9. The number of allylic oxidation sites excluding steroid dienone is 1. The van der Waals surface area contributed by atoms with Gasteiger partial charge in [0.25, 0.3) is 0 Å². The molecule has 0 radical (unpaired) electrons. The number of rotatable bonds is 6. The smallest absolute Gasteiger partial charge is 0.211 e. The Kier molecular flexibility index (Phi) is 6.93. The van der Waals surface area contributed by atoms with Crippen LogP contribution in [0.1, 0.15) is 37.6 Å². The zero-order valence-corrected chi connectivity index (χ0v) is 26.1. The minimum absolute atomic E-state index is 0.210. The molecule has 6 heterocycles. The highest BCUT2D eigenvalue weighted by atomic mass is 32.2. The summed E-state index contributed by atoms with van der Waals surface area (Å²) in [6, 6.07) is 21.5. The van der Waals surface area contributed by atoms with Crippen LogP contribution in [0.15, 0.2) is 88.8 Å². The molecule has 8 rings (SSSR count). The first-order valence-corrected chi connectivity index (χ1v) is 17.4. The molecule has 4 unspecified atom stereocenters. The normalized spacial score (nSPS) is 25.9. The minimum atomic E-state index is -3.94. The SMILES string of the molecule is CC(NC1CC1C1=c2ccc([nH]2)=Cc2ccc([nH]2)C=c2cc/c([nH]2)=C/C2(S(=O)(=O)c3ccccc3)C=CC1=N2)C1CCNCC1. The minimum Gasteiger partial charge on any atom is -0.356 e. The van der Waals surface area contributed by atoms with Gasteiger partial charge in [-0.25, -0.2) is 8.42 Å². The molecule has 3 aliphatic heterocycles. The highest BCUT2D eigenvalue weighted by molar-refractivity contribution is 7.93. The van der Waals surface area contributed by atoms with E-state index in [4.69, 9.17) is 4.99 Å². The van der Waals surface area contributed by atoms with E-state index in [1.165, 1.54) is 12.8 Å². The van der Waals surface area contributed by atoms with Gasteiger partial charge < -0.3 is 25.6 Å². The molecule has 1 aromatic carbocycles. The van der Waals surface area contributed by atoms with Crippen molar-refractivity contribution in [2.75, 3.05) is 13.1 Å². The molecule has 9 heteroatoms. The zero-order chi connectivity index (χ0) is 30.6. The molecular weight excluding hydrogens is 581 g/mol. The number of nitrogens with zero attached hydrogens (tertiary/aromatic N) is 1. The molecule has 1 saturated carbocycles. The van der Waals surface area contributed by atoms with Crippen LogP contribution in [-0.4, -0.2) is 59.1 Å². The Hall–Kier alpha value is -4.18. The lowest BCUT2D eigenvalue weighted by Gasteiger charge is -2.29. The summed E-state index contributed by atoms with van der Waals surface area (Å²) in [7, 11) is -3.94. The first-order valence-electron chi connectivity index (χ1n) is 15.9. The quantitative estimate of drug-likeness (QED) is 0.227. The molecule has 2 fully saturated rings. The second-order valence-corrected chi connectivity index (χ2v) is 14.9. The zero-order valence-electron chi connectivity index (χ0n) is 25.3. The van der Waals surface area contributed by atoms with E-state index < -0.39 is 14.7 Å². The molecule has 4 aromatic rings. The number of nitrogens with one attached hydrogen (secondary N) is 5. The van der Waals surface area contributed by atoms with Crippen molar-refractivity contribution >= 4 is 39.4 Å². The molecule has 4 aliphatic rings. The molecule has 4 atom stereocenters. The van der Waals surface area contributed by atoms with Crippen molar-refractivity contribution in [2.45, 2.75) is 48.0 Å². The standard InChI is InChI=1S/C36H38N6O2S/c1-23(24-14-17-37-18-15-24)38-34-21-31(34)35-32-12-11-28(41-32)20-26-8-7-25(39-26)19-27-9-10-29(40-27)22-36(16-13-33(35)42-36)45(43,44)30-5-3-2-4-6-30/h2-13,16,19-20,22-24,31,34,37-41H,14-15,17-18,21H2,1H3/b27-19?,28-20?,29-22-,35-32?. The lowest BCUT2D eigenvalue weighted by atomic mass is 9.91. The maximum Gasteiger partial charge on any atom is 0.211 e. The van der Waals surface area contributed by atoms with Crippen molar-refractivity contribution in [3.63, 3.8) is 0 Å². The number of hydrogen-bond acceptors (Lipinski definition) is 5. The van der Waals surface area contributed by atoms with Crippen LogP contribution < -0.4 is 32.0 Å². The van der Waals surface area contributed by atoms with E-state index in [1.807, 2.05) is 36.4 Å². The van der Waals surface area contributed by atoms with E-state index in [2.05, 4.69) is 56.8 Å². The van der Waals surface area contributed by atoms with Crippen LogP contribution in [0.5, 0.6) is 0 Å². The number of piperidine rings is 1. The number of hydrogen-bond donors (Lipinski definition) is 5. The number of benzene rings is 1. The van der Waals surface area contributed by atoms with Gasteiger partial charge >= 0.3 is 0 Å².